The Kier molecular flexibility index (Phi) is 5.06. The van der Waals surface area contributed by atoms with E-state index in [1.807, 2.05) is 34.6 Å². The molecule has 0 spiro atoms. The van der Waals surface area contributed by atoms with Crippen LogP contribution in [0.1, 0.15) is 34.6 Å². The fourth-order valence-corrected chi connectivity index (χ4v) is 1.78. The summed E-state index contributed by atoms with van der Waals surface area (Å²) in [5.74, 6) is 0.289. The third-order valence-corrected chi connectivity index (χ3v) is 2.69. The van der Waals surface area contributed by atoms with E-state index >= 15 is 0 Å². The van der Waals surface area contributed by atoms with E-state index in [4.69, 9.17) is 0 Å². The fourth-order valence-electron chi connectivity index (χ4n) is 1.78. The van der Waals surface area contributed by atoms with Gasteiger partial charge in [0.25, 0.3) is 0 Å². The van der Waals surface area contributed by atoms with Gasteiger partial charge in [-0.25, -0.2) is 0 Å². The highest BCUT2D eigenvalue weighted by molar-refractivity contribution is 6.01. The van der Waals surface area contributed by atoms with E-state index in [1.54, 1.807) is 6.08 Å². The van der Waals surface area contributed by atoms with Crippen molar-refractivity contribution in [2.75, 3.05) is 6.54 Å². The van der Waals surface area contributed by atoms with Crippen LogP contribution in [0.4, 0.5) is 0 Å². The van der Waals surface area contributed by atoms with Crippen molar-refractivity contribution in [2.24, 2.45) is 16.8 Å². The molecule has 0 aromatic heterocycles. The molecule has 0 saturated carbocycles. The largest absolute Gasteiger partial charge is 0.383 e. The maximum Gasteiger partial charge on any atom is 0.111 e. The first-order valence-electron chi connectivity index (χ1n) is 5.30. The first kappa shape index (κ1) is 13.4. The van der Waals surface area contributed by atoms with Crippen molar-refractivity contribution in [3.05, 3.63) is 12.7 Å². The summed E-state index contributed by atoms with van der Waals surface area (Å²) in [4.78, 5) is 4.31. The van der Waals surface area contributed by atoms with Gasteiger partial charge >= 0.3 is 0 Å². The molecule has 0 fully saturated rings. The Hall–Kier alpha value is -0.630. The highest BCUT2D eigenvalue weighted by Crippen LogP contribution is 2.28. The Morgan fingerprint density at radius 3 is 2.00 bits per heavy atom. The zero-order valence-electron chi connectivity index (χ0n) is 10.0. The monoisotopic (exact) mass is 197 g/mol. The number of hydrogen-bond acceptors (Lipinski definition) is 2. The molecule has 0 aliphatic rings. The molecule has 0 saturated heterocycles. The Labute approximate surface area is 87.8 Å². The molecule has 0 amide bonds. The summed E-state index contributed by atoms with van der Waals surface area (Å²) in [6, 6.07) is 0. The van der Waals surface area contributed by atoms with Gasteiger partial charge in [-0.3, -0.25) is 4.99 Å². The summed E-state index contributed by atoms with van der Waals surface area (Å²) in [7, 11) is 0. The van der Waals surface area contributed by atoms with Crippen molar-refractivity contribution in [3.63, 3.8) is 0 Å². The van der Waals surface area contributed by atoms with Gasteiger partial charge in [0.15, 0.2) is 0 Å². The topological polar surface area (TPSA) is 32.6 Å². The smallest absolute Gasteiger partial charge is 0.111 e. The molecule has 82 valence electrons. The second-order valence-electron chi connectivity index (χ2n) is 4.20. The number of hydrogen-bond donors (Lipinski definition) is 1. The molecule has 0 atom stereocenters. The summed E-state index contributed by atoms with van der Waals surface area (Å²) in [6.07, 6.45) is 1.67. The summed E-state index contributed by atoms with van der Waals surface area (Å²) >= 11 is 0. The summed E-state index contributed by atoms with van der Waals surface area (Å²) in [5.41, 5.74) is -0.136. The van der Waals surface area contributed by atoms with Crippen molar-refractivity contribution in [1.29, 1.82) is 0 Å². The molecule has 0 aromatic carbocycles. The van der Waals surface area contributed by atoms with Crippen LogP contribution in [0.15, 0.2) is 17.6 Å². The molecular formula is C12H23NO. The zero-order valence-corrected chi connectivity index (χ0v) is 10.0. The average molecular weight is 197 g/mol. The Morgan fingerprint density at radius 1 is 1.36 bits per heavy atom. The molecule has 14 heavy (non-hydrogen) atoms. The lowest BCUT2D eigenvalue weighted by Crippen LogP contribution is -2.47. The average Bonchev–Trinajstić information content (AvgIpc) is 2.12. The zero-order chi connectivity index (χ0) is 11.4. The lowest BCUT2D eigenvalue weighted by atomic mass is 9.76. The van der Waals surface area contributed by atoms with Crippen LogP contribution in [0.3, 0.4) is 0 Å². The van der Waals surface area contributed by atoms with Gasteiger partial charge in [-0.2, -0.15) is 0 Å². The maximum absolute atomic E-state index is 10.6. The van der Waals surface area contributed by atoms with Crippen LogP contribution >= 0.6 is 0 Å². The van der Waals surface area contributed by atoms with Crippen molar-refractivity contribution in [1.82, 2.24) is 0 Å². The standard InChI is InChI=1S/C12H23NO/c1-7-11(13-8-2)12(14,9(3)4)10(5)6/h7,9-10,14H,1,8H2,2-6H3. The SMILES string of the molecule is C=CC(=NCC)C(O)(C(C)C)C(C)C. The minimum absolute atomic E-state index is 0.144. The first-order valence-corrected chi connectivity index (χ1v) is 5.30. The van der Waals surface area contributed by atoms with Crippen LogP contribution < -0.4 is 0 Å². The van der Waals surface area contributed by atoms with Crippen molar-refractivity contribution in [3.8, 4) is 0 Å². The van der Waals surface area contributed by atoms with E-state index in [0.717, 1.165) is 0 Å². The number of nitrogens with zero attached hydrogens (tertiary/aromatic N) is 1. The van der Waals surface area contributed by atoms with Crippen LogP contribution in [0.2, 0.25) is 0 Å². The molecule has 0 rings (SSSR count). The third-order valence-electron chi connectivity index (χ3n) is 2.69. The van der Waals surface area contributed by atoms with Crippen LogP contribution in [-0.4, -0.2) is 23.0 Å². The van der Waals surface area contributed by atoms with Gasteiger partial charge in [-0.05, 0) is 24.8 Å². The molecule has 0 bridgehead atoms. The summed E-state index contributed by atoms with van der Waals surface area (Å²) < 4.78 is 0. The van der Waals surface area contributed by atoms with Crippen LogP contribution in [0, 0.1) is 11.8 Å². The molecule has 0 radical (unpaired) electrons. The molecular weight excluding hydrogens is 174 g/mol. The van der Waals surface area contributed by atoms with Crippen LogP contribution in [-0.2, 0) is 0 Å². The Bertz CT molecular complexity index is 208. The second kappa shape index (κ2) is 5.30. The van der Waals surface area contributed by atoms with Gasteiger partial charge in [0.05, 0.1) is 5.71 Å². The summed E-state index contributed by atoms with van der Waals surface area (Å²) in [6.45, 7) is 14.4. The van der Waals surface area contributed by atoms with Crippen molar-refractivity contribution >= 4 is 5.71 Å². The highest BCUT2D eigenvalue weighted by Gasteiger charge is 2.38. The molecule has 0 aliphatic heterocycles. The number of rotatable bonds is 5. The predicted molar refractivity (Wildman–Crippen MR) is 62.8 cm³/mol. The van der Waals surface area contributed by atoms with Crippen molar-refractivity contribution in [2.45, 2.75) is 40.2 Å². The van der Waals surface area contributed by atoms with Gasteiger partial charge in [-0.1, -0.05) is 34.3 Å². The Balaban J connectivity index is 5.17. The van der Waals surface area contributed by atoms with E-state index in [2.05, 4.69) is 11.6 Å². The molecule has 0 aromatic rings. The van der Waals surface area contributed by atoms with Gasteiger partial charge in [-0.15, -0.1) is 0 Å². The van der Waals surface area contributed by atoms with Gasteiger partial charge in [0.2, 0.25) is 0 Å². The maximum atomic E-state index is 10.6. The predicted octanol–water partition coefficient (Wildman–Crippen LogP) is 2.68. The minimum Gasteiger partial charge on any atom is -0.383 e. The van der Waals surface area contributed by atoms with Crippen LogP contribution in [0.25, 0.3) is 0 Å². The normalized spacial score (nSPS) is 13.9. The van der Waals surface area contributed by atoms with E-state index < -0.39 is 5.60 Å². The number of aliphatic imine (C=N–C) groups is 1. The van der Waals surface area contributed by atoms with E-state index in [-0.39, 0.29) is 11.8 Å². The first-order chi connectivity index (χ1) is 6.41. The molecule has 2 heteroatoms. The number of aliphatic hydroxyl groups is 1. The summed E-state index contributed by atoms with van der Waals surface area (Å²) in [5, 5.41) is 10.6. The van der Waals surface area contributed by atoms with Crippen molar-refractivity contribution < 1.29 is 5.11 Å². The minimum atomic E-state index is -0.849. The molecule has 0 heterocycles. The van der Waals surface area contributed by atoms with Gasteiger partial charge < -0.3 is 5.11 Å². The lowest BCUT2D eigenvalue weighted by molar-refractivity contribution is 0.0202. The second-order valence-corrected chi connectivity index (χ2v) is 4.20. The van der Waals surface area contributed by atoms with Gasteiger partial charge in [0.1, 0.15) is 5.60 Å². The van der Waals surface area contributed by atoms with E-state index in [0.29, 0.717) is 12.3 Å². The molecule has 0 unspecified atom stereocenters. The van der Waals surface area contributed by atoms with E-state index in [9.17, 15) is 5.11 Å². The third kappa shape index (κ3) is 2.44. The van der Waals surface area contributed by atoms with Gasteiger partial charge in [0, 0.05) is 6.54 Å². The fraction of sp³-hybridized carbons (Fsp3) is 0.750. The Morgan fingerprint density at radius 2 is 1.79 bits per heavy atom. The van der Waals surface area contributed by atoms with E-state index in [1.165, 1.54) is 0 Å². The molecule has 2 nitrogen and oxygen atoms in total. The quantitative estimate of drug-likeness (QED) is 0.675. The molecule has 1 N–H and O–H groups in total. The highest BCUT2D eigenvalue weighted by atomic mass is 16.3. The van der Waals surface area contributed by atoms with Crippen LogP contribution in [0.5, 0.6) is 0 Å². The lowest BCUT2D eigenvalue weighted by Gasteiger charge is -2.36. The molecule has 0 aliphatic carbocycles.